The van der Waals surface area contributed by atoms with Crippen molar-refractivity contribution in [1.29, 1.82) is 0 Å². The normalized spacial score (nSPS) is 19.5. The van der Waals surface area contributed by atoms with Crippen LogP contribution < -0.4 is 10.2 Å². The molecule has 2 rings (SSSR count). The highest BCUT2D eigenvalue weighted by Crippen LogP contribution is 2.25. The molecule has 0 amide bonds. The van der Waals surface area contributed by atoms with Gasteiger partial charge in [0.25, 0.3) is 0 Å². The predicted molar refractivity (Wildman–Crippen MR) is 82.6 cm³/mol. The van der Waals surface area contributed by atoms with E-state index in [9.17, 15) is 0 Å². The number of hydrogen-bond acceptors (Lipinski definition) is 6. The van der Waals surface area contributed by atoms with Crippen molar-refractivity contribution in [3.63, 3.8) is 0 Å². The summed E-state index contributed by atoms with van der Waals surface area (Å²) in [7, 11) is 1.72. The molecule has 1 fully saturated rings. The number of thiazole rings is 1. The standard InChI is InChI=1S/C14H25N3O2S/c1-3-19-13-5-4-7-17(10-13)14-16-12(11-20-14)9-15-6-8-18-2/h11,13,15H,3-10H2,1-2H3. The third-order valence-corrected chi connectivity index (χ3v) is 4.33. The molecule has 2 heterocycles. The van der Waals surface area contributed by atoms with Crippen LogP contribution in [0, 0.1) is 0 Å². The number of rotatable bonds is 8. The summed E-state index contributed by atoms with van der Waals surface area (Å²) in [6.07, 6.45) is 2.72. The number of aromatic nitrogens is 1. The SMILES string of the molecule is CCOC1CCCN(c2nc(CNCCOC)cs2)C1. The molecular formula is C14H25N3O2S. The first-order valence-corrected chi connectivity index (χ1v) is 8.22. The minimum Gasteiger partial charge on any atom is -0.383 e. The summed E-state index contributed by atoms with van der Waals surface area (Å²) in [6, 6.07) is 0. The zero-order valence-corrected chi connectivity index (χ0v) is 13.2. The number of hydrogen-bond donors (Lipinski definition) is 1. The molecule has 0 radical (unpaired) electrons. The molecule has 0 aliphatic carbocycles. The maximum absolute atomic E-state index is 5.74. The van der Waals surface area contributed by atoms with Crippen LogP contribution in [0.5, 0.6) is 0 Å². The lowest BCUT2D eigenvalue weighted by atomic mass is 10.1. The lowest BCUT2D eigenvalue weighted by Gasteiger charge is -2.32. The number of methoxy groups -OCH3 is 1. The van der Waals surface area contributed by atoms with Gasteiger partial charge in [-0.15, -0.1) is 11.3 Å². The van der Waals surface area contributed by atoms with Gasteiger partial charge in [0, 0.05) is 45.3 Å². The Labute approximate surface area is 125 Å². The second kappa shape index (κ2) is 8.56. The largest absolute Gasteiger partial charge is 0.383 e. The molecule has 0 saturated carbocycles. The quantitative estimate of drug-likeness (QED) is 0.743. The molecule has 5 nitrogen and oxygen atoms in total. The van der Waals surface area contributed by atoms with Crippen LogP contribution in [0.25, 0.3) is 0 Å². The molecule has 6 heteroatoms. The molecule has 0 spiro atoms. The second-order valence-corrected chi connectivity index (χ2v) is 5.79. The van der Waals surface area contributed by atoms with Crippen molar-refractivity contribution < 1.29 is 9.47 Å². The molecule has 1 aromatic rings. The first-order valence-electron chi connectivity index (χ1n) is 7.34. The van der Waals surface area contributed by atoms with E-state index in [-0.39, 0.29) is 0 Å². The molecule has 1 atom stereocenters. The lowest BCUT2D eigenvalue weighted by Crippen LogP contribution is -2.39. The number of piperidine rings is 1. The zero-order valence-electron chi connectivity index (χ0n) is 12.4. The first kappa shape index (κ1) is 15.7. The molecule has 1 saturated heterocycles. The van der Waals surface area contributed by atoms with Crippen LogP contribution in [0.3, 0.4) is 0 Å². The molecule has 0 bridgehead atoms. The van der Waals surface area contributed by atoms with Crippen molar-refractivity contribution in [2.45, 2.75) is 32.4 Å². The van der Waals surface area contributed by atoms with Crippen LogP contribution in [-0.4, -0.2) is 51.0 Å². The molecule has 114 valence electrons. The van der Waals surface area contributed by atoms with Crippen LogP contribution in [0.1, 0.15) is 25.5 Å². The molecule has 20 heavy (non-hydrogen) atoms. The van der Waals surface area contributed by atoms with Gasteiger partial charge in [-0.1, -0.05) is 0 Å². The Bertz CT molecular complexity index is 384. The minimum atomic E-state index is 0.362. The number of anilines is 1. The van der Waals surface area contributed by atoms with E-state index in [0.29, 0.717) is 6.10 Å². The highest BCUT2D eigenvalue weighted by atomic mass is 32.1. The zero-order chi connectivity index (χ0) is 14.2. The van der Waals surface area contributed by atoms with Gasteiger partial charge < -0.3 is 19.7 Å². The van der Waals surface area contributed by atoms with Gasteiger partial charge in [-0.25, -0.2) is 4.98 Å². The number of nitrogens with one attached hydrogen (secondary N) is 1. The first-order chi connectivity index (χ1) is 9.83. The molecule has 1 aromatic heterocycles. The highest BCUT2D eigenvalue weighted by Gasteiger charge is 2.22. The Hall–Kier alpha value is -0.690. The van der Waals surface area contributed by atoms with E-state index < -0.39 is 0 Å². The van der Waals surface area contributed by atoms with Crippen molar-refractivity contribution >= 4 is 16.5 Å². The molecule has 1 aliphatic heterocycles. The van der Waals surface area contributed by atoms with Crippen LogP contribution in [0.15, 0.2) is 5.38 Å². The van der Waals surface area contributed by atoms with Crippen LogP contribution in [0.2, 0.25) is 0 Å². The van der Waals surface area contributed by atoms with E-state index in [1.165, 1.54) is 12.8 Å². The van der Waals surface area contributed by atoms with Crippen LogP contribution >= 0.6 is 11.3 Å². The summed E-state index contributed by atoms with van der Waals surface area (Å²) in [5, 5.41) is 6.59. The highest BCUT2D eigenvalue weighted by molar-refractivity contribution is 7.13. The third kappa shape index (κ3) is 4.70. The van der Waals surface area contributed by atoms with Gasteiger partial charge in [0.15, 0.2) is 5.13 Å². The van der Waals surface area contributed by atoms with Crippen molar-refractivity contribution in [2.24, 2.45) is 0 Å². The van der Waals surface area contributed by atoms with Gasteiger partial charge in [0.1, 0.15) is 0 Å². The summed E-state index contributed by atoms with van der Waals surface area (Å²) in [5.74, 6) is 0. The average molecular weight is 299 g/mol. The van der Waals surface area contributed by atoms with Crippen molar-refractivity contribution in [1.82, 2.24) is 10.3 Å². The van der Waals surface area contributed by atoms with E-state index in [0.717, 1.165) is 50.2 Å². The topological polar surface area (TPSA) is 46.6 Å². The van der Waals surface area contributed by atoms with Gasteiger partial charge in [-0.2, -0.15) is 0 Å². The summed E-state index contributed by atoms with van der Waals surface area (Å²) >= 11 is 1.73. The van der Waals surface area contributed by atoms with E-state index in [1.807, 2.05) is 0 Å². The van der Waals surface area contributed by atoms with Crippen molar-refractivity contribution in [3.05, 3.63) is 11.1 Å². The van der Waals surface area contributed by atoms with Gasteiger partial charge in [-0.3, -0.25) is 0 Å². The molecular weight excluding hydrogens is 274 g/mol. The Kier molecular flexibility index (Phi) is 6.72. The Morgan fingerprint density at radius 1 is 1.55 bits per heavy atom. The third-order valence-electron chi connectivity index (χ3n) is 3.38. The Morgan fingerprint density at radius 2 is 2.45 bits per heavy atom. The molecule has 0 aromatic carbocycles. The smallest absolute Gasteiger partial charge is 0.185 e. The Morgan fingerprint density at radius 3 is 3.25 bits per heavy atom. The fourth-order valence-corrected chi connectivity index (χ4v) is 3.26. The van der Waals surface area contributed by atoms with Crippen LogP contribution in [0.4, 0.5) is 5.13 Å². The summed E-state index contributed by atoms with van der Waals surface area (Å²) < 4.78 is 10.8. The maximum Gasteiger partial charge on any atom is 0.185 e. The minimum absolute atomic E-state index is 0.362. The molecule has 1 aliphatic rings. The summed E-state index contributed by atoms with van der Waals surface area (Å²) in [6.45, 7) is 7.32. The number of ether oxygens (including phenoxy) is 2. The van der Waals surface area contributed by atoms with Crippen molar-refractivity contribution in [3.8, 4) is 0 Å². The summed E-state index contributed by atoms with van der Waals surface area (Å²) in [5.41, 5.74) is 1.11. The van der Waals surface area contributed by atoms with Gasteiger partial charge >= 0.3 is 0 Å². The van der Waals surface area contributed by atoms with E-state index >= 15 is 0 Å². The maximum atomic E-state index is 5.74. The molecule has 1 N–H and O–H groups in total. The fourth-order valence-electron chi connectivity index (χ4n) is 2.40. The average Bonchev–Trinajstić information content (AvgIpc) is 2.93. The second-order valence-electron chi connectivity index (χ2n) is 4.96. The monoisotopic (exact) mass is 299 g/mol. The lowest BCUT2D eigenvalue weighted by molar-refractivity contribution is 0.0526. The molecule has 1 unspecified atom stereocenters. The van der Waals surface area contributed by atoms with E-state index in [1.54, 1.807) is 18.4 Å². The van der Waals surface area contributed by atoms with Gasteiger partial charge in [0.2, 0.25) is 0 Å². The number of nitrogens with zero attached hydrogens (tertiary/aromatic N) is 2. The van der Waals surface area contributed by atoms with Crippen molar-refractivity contribution in [2.75, 3.05) is 44.9 Å². The summed E-state index contributed by atoms with van der Waals surface area (Å²) in [4.78, 5) is 7.07. The van der Waals surface area contributed by atoms with Crippen LogP contribution in [-0.2, 0) is 16.0 Å². The Balaban J connectivity index is 1.81. The predicted octanol–water partition coefficient (Wildman–Crippen LogP) is 1.88. The fraction of sp³-hybridized carbons (Fsp3) is 0.786. The van der Waals surface area contributed by atoms with Gasteiger partial charge in [0.05, 0.1) is 18.4 Å². The van der Waals surface area contributed by atoms with E-state index in [4.69, 9.17) is 14.5 Å². The van der Waals surface area contributed by atoms with E-state index in [2.05, 4.69) is 22.5 Å². The van der Waals surface area contributed by atoms with Gasteiger partial charge in [-0.05, 0) is 19.8 Å².